The minimum Gasteiger partial charge on any atom is -0.297 e. The fraction of sp³-hybridized carbons (Fsp3) is 0.429. The number of halogens is 1. The van der Waals surface area contributed by atoms with Crippen LogP contribution in [-0.4, -0.2) is 50.3 Å². The molecule has 1 aromatic rings. The smallest absolute Gasteiger partial charge is 0.243 e. The van der Waals surface area contributed by atoms with Crippen LogP contribution in [-0.2, 0) is 10.0 Å². The quantitative estimate of drug-likeness (QED) is 0.800. The zero-order valence-electron chi connectivity index (χ0n) is 11.5. The molecule has 1 saturated heterocycles. The molecule has 0 unspecified atom stereocenters. The molecular weight excluding hydrogens is 296 g/mol. The monoisotopic (exact) mass is 314 g/mol. The number of sulfonamides is 1. The van der Waals surface area contributed by atoms with Gasteiger partial charge in [0.25, 0.3) is 0 Å². The predicted molar refractivity (Wildman–Crippen MR) is 81.6 cm³/mol. The van der Waals surface area contributed by atoms with Crippen molar-refractivity contribution in [3.8, 4) is 0 Å². The standard InChI is InChI=1S/C14H19ClN2O2S/c1-3-7-16-8-10-17(11-9-16)20(18,19)14-6-4-5-13(15)12(14)2/h3-6H,1,7-11H2,2H3. The van der Waals surface area contributed by atoms with Gasteiger partial charge in [-0.2, -0.15) is 4.31 Å². The molecule has 1 fully saturated rings. The molecule has 1 aliphatic rings. The van der Waals surface area contributed by atoms with Gasteiger partial charge in [-0.25, -0.2) is 8.42 Å². The highest BCUT2D eigenvalue weighted by Gasteiger charge is 2.29. The normalized spacial score (nSPS) is 18.1. The van der Waals surface area contributed by atoms with E-state index in [1.165, 1.54) is 4.31 Å². The average molecular weight is 315 g/mol. The van der Waals surface area contributed by atoms with Crippen molar-refractivity contribution in [2.45, 2.75) is 11.8 Å². The fourth-order valence-corrected chi connectivity index (χ4v) is 4.24. The van der Waals surface area contributed by atoms with E-state index in [1.807, 2.05) is 6.08 Å². The molecule has 0 radical (unpaired) electrons. The van der Waals surface area contributed by atoms with E-state index >= 15 is 0 Å². The summed E-state index contributed by atoms with van der Waals surface area (Å²) in [5.74, 6) is 0. The first-order valence-corrected chi connectivity index (χ1v) is 8.37. The van der Waals surface area contributed by atoms with Crippen LogP contribution >= 0.6 is 11.6 Å². The lowest BCUT2D eigenvalue weighted by molar-refractivity contribution is 0.204. The van der Waals surface area contributed by atoms with Crippen molar-refractivity contribution in [3.63, 3.8) is 0 Å². The van der Waals surface area contributed by atoms with Crippen molar-refractivity contribution in [1.29, 1.82) is 0 Å². The molecule has 1 aromatic carbocycles. The molecule has 0 saturated carbocycles. The van der Waals surface area contributed by atoms with Crippen molar-refractivity contribution in [3.05, 3.63) is 41.4 Å². The van der Waals surface area contributed by atoms with E-state index in [9.17, 15) is 8.42 Å². The summed E-state index contributed by atoms with van der Waals surface area (Å²) in [5.41, 5.74) is 0.614. The highest BCUT2D eigenvalue weighted by molar-refractivity contribution is 7.89. The van der Waals surface area contributed by atoms with Crippen LogP contribution in [0, 0.1) is 6.92 Å². The molecule has 4 nitrogen and oxygen atoms in total. The number of hydrogen-bond acceptors (Lipinski definition) is 3. The summed E-state index contributed by atoms with van der Waals surface area (Å²) in [4.78, 5) is 2.49. The van der Waals surface area contributed by atoms with Crippen LogP contribution in [0.4, 0.5) is 0 Å². The Balaban J connectivity index is 2.20. The summed E-state index contributed by atoms with van der Waals surface area (Å²) in [7, 11) is -3.46. The van der Waals surface area contributed by atoms with E-state index in [4.69, 9.17) is 11.6 Å². The van der Waals surface area contributed by atoms with Crippen molar-refractivity contribution in [2.75, 3.05) is 32.7 Å². The highest BCUT2D eigenvalue weighted by atomic mass is 35.5. The Kier molecular flexibility index (Phi) is 4.86. The van der Waals surface area contributed by atoms with Crippen molar-refractivity contribution in [1.82, 2.24) is 9.21 Å². The van der Waals surface area contributed by atoms with Gasteiger partial charge in [0, 0.05) is 37.7 Å². The zero-order chi connectivity index (χ0) is 14.8. The Morgan fingerprint density at radius 3 is 2.55 bits per heavy atom. The molecular formula is C14H19ClN2O2S. The van der Waals surface area contributed by atoms with E-state index < -0.39 is 10.0 Å². The second-order valence-corrected chi connectivity index (χ2v) is 7.17. The van der Waals surface area contributed by atoms with Gasteiger partial charge >= 0.3 is 0 Å². The first-order chi connectivity index (χ1) is 9.46. The summed E-state index contributed by atoms with van der Waals surface area (Å²) in [6, 6.07) is 5.00. The third-order valence-electron chi connectivity index (χ3n) is 3.55. The van der Waals surface area contributed by atoms with Crippen molar-refractivity contribution >= 4 is 21.6 Å². The average Bonchev–Trinajstić information content (AvgIpc) is 2.42. The summed E-state index contributed by atoms with van der Waals surface area (Å²) in [6.07, 6.45) is 1.84. The van der Waals surface area contributed by atoms with Gasteiger partial charge < -0.3 is 0 Å². The van der Waals surface area contributed by atoms with Crippen LogP contribution in [0.5, 0.6) is 0 Å². The molecule has 0 amide bonds. The fourth-order valence-electron chi connectivity index (χ4n) is 2.34. The van der Waals surface area contributed by atoms with Crippen LogP contribution in [0.1, 0.15) is 5.56 Å². The van der Waals surface area contributed by atoms with E-state index in [-0.39, 0.29) is 0 Å². The molecule has 0 N–H and O–H groups in total. The Hall–Kier alpha value is -0.880. The van der Waals surface area contributed by atoms with Gasteiger partial charge in [-0.3, -0.25) is 4.90 Å². The summed E-state index contributed by atoms with van der Waals surface area (Å²) in [6.45, 7) is 8.70. The number of rotatable bonds is 4. The van der Waals surface area contributed by atoms with Crippen LogP contribution in [0.3, 0.4) is 0 Å². The van der Waals surface area contributed by atoms with E-state index in [0.29, 0.717) is 28.6 Å². The maximum absolute atomic E-state index is 12.7. The molecule has 0 spiro atoms. The van der Waals surface area contributed by atoms with E-state index in [2.05, 4.69) is 11.5 Å². The predicted octanol–water partition coefficient (Wildman–Crippen LogP) is 2.14. The van der Waals surface area contributed by atoms with Gasteiger partial charge in [0.1, 0.15) is 0 Å². The van der Waals surface area contributed by atoms with Crippen LogP contribution < -0.4 is 0 Å². The maximum atomic E-state index is 12.7. The zero-order valence-corrected chi connectivity index (χ0v) is 13.1. The first kappa shape index (κ1) is 15.5. The van der Waals surface area contributed by atoms with Gasteiger partial charge in [-0.1, -0.05) is 23.7 Å². The minimum absolute atomic E-state index is 0.308. The van der Waals surface area contributed by atoms with Crippen LogP contribution in [0.25, 0.3) is 0 Å². The first-order valence-electron chi connectivity index (χ1n) is 6.55. The summed E-state index contributed by atoms with van der Waals surface area (Å²) >= 11 is 6.02. The Morgan fingerprint density at radius 2 is 1.95 bits per heavy atom. The molecule has 2 rings (SSSR count). The number of hydrogen-bond donors (Lipinski definition) is 0. The van der Waals surface area contributed by atoms with E-state index in [1.54, 1.807) is 25.1 Å². The van der Waals surface area contributed by atoms with Gasteiger partial charge in [0.15, 0.2) is 0 Å². The van der Waals surface area contributed by atoms with Gasteiger partial charge in [0.05, 0.1) is 4.90 Å². The Morgan fingerprint density at radius 1 is 1.30 bits per heavy atom. The molecule has 0 atom stereocenters. The second kappa shape index (κ2) is 6.26. The van der Waals surface area contributed by atoms with Gasteiger partial charge in [-0.05, 0) is 24.6 Å². The molecule has 0 aliphatic carbocycles. The van der Waals surface area contributed by atoms with Crippen LogP contribution in [0.15, 0.2) is 35.7 Å². The lowest BCUT2D eigenvalue weighted by Crippen LogP contribution is -2.48. The number of piperazine rings is 1. The van der Waals surface area contributed by atoms with Gasteiger partial charge in [-0.15, -0.1) is 6.58 Å². The molecule has 0 aromatic heterocycles. The lowest BCUT2D eigenvalue weighted by Gasteiger charge is -2.33. The molecule has 1 aliphatic heterocycles. The van der Waals surface area contributed by atoms with Crippen LogP contribution in [0.2, 0.25) is 5.02 Å². The Labute approximate surface area is 125 Å². The molecule has 1 heterocycles. The SMILES string of the molecule is C=CCN1CCN(S(=O)(=O)c2cccc(Cl)c2C)CC1. The lowest BCUT2D eigenvalue weighted by atomic mass is 10.2. The number of benzene rings is 1. The van der Waals surface area contributed by atoms with Gasteiger partial charge in [0.2, 0.25) is 10.0 Å². The maximum Gasteiger partial charge on any atom is 0.243 e. The largest absolute Gasteiger partial charge is 0.297 e. The molecule has 0 bridgehead atoms. The minimum atomic E-state index is -3.46. The molecule has 110 valence electrons. The Bertz CT molecular complexity index is 593. The topological polar surface area (TPSA) is 40.6 Å². The third-order valence-corrected chi connectivity index (χ3v) is 6.01. The van der Waals surface area contributed by atoms with E-state index in [0.717, 1.165) is 19.6 Å². The molecule has 20 heavy (non-hydrogen) atoms. The summed E-state index contributed by atoms with van der Waals surface area (Å²) < 4.78 is 26.8. The third kappa shape index (κ3) is 3.06. The van der Waals surface area contributed by atoms with Crippen molar-refractivity contribution in [2.24, 2.45) is 0 Å². The van der Waals surface area contributed by atoms with Crippen molar-refractivity contribution < 1.29 is 8.42 Å². The summed E-state index contributed by atoms with van der Waals surface area (Å²) in [5, 5.41) is 0.483. The molecule has 6 heteroatoms. The number of nitrogens with zero attached hydrogens (tertiary/aromatic N) is 2. The second-order valence-electron chi connectivity index (χ2n) is 4.86. The highest BCUT2D eigenvalue weighted by Crippen LogP contribution is 2.26.